The quantitative estimate of drug-likeness (QED) is 0.638. The third-order valence-corrected chi connectivity index (χ3v) is 3.20. The van der Waals surface area contributed by atoms with Gasteiger partial charge in [0.1, 0.15) is 5.75 Å². The third-order valence-electron chi connectivity index (χ3n) is 3.20. The molecule has 1 saturated heterocycles. The summed E-state index contributed by atoms with van der Waals surface area (Å²) in [5.41, 5.74) is 0.370. The topological polar surface area (TPSA) is 67.9 Å². The lowest BCUT2D eigenvalue weighted by Gasteiger charge is -2.26. The zero-order chi connectivity index (χ0) is 15.1. The molecule has 1 N–H and O–H groups in total. The molecular formula is C15H20N2O4. The molecule has 0 spiro atoms. The van der Waals surface area contributed by atoms with Crippen LogP contribution >= 0.6 is 0 Å². The van der Waals surface area contributed by atoms with Gasteiger partial charge < -0.3 is 14.8 Å². The van der Waals surface area contributed by atoms with Crippen molar-refractivity contribution in [1.29, 1.82) is 0 Å². The highest BCUT2D eigenvalue weighted by atomic mass is 16.5. The standard InChI is InChI=1S/C15H20N2O4/c1-12(18)21-14-5-3-2-4-13(14)15(19)16-6-7-17-8-10-20-11-9-17/h2-5H,6-11H2,1H3,(H,16,19). The van der Waals surface area contributed by atoms with Crippen LogP contribution in [0.25, 0.3) is 0 Å². The molecule has 1 aliphatic heterocycles. The lowest BCUT2D eigenvalue weighted by Crippen LogP contribution is -2.41. The van der Waals surface area contributed by atoms with Crippen LogP contribution in [-0.4, -0.2) is 56.2 Å². The molecular weight excluding hydrogens is 272 g/mol. The second-order valence-electron chi connectivity index (χ2n) is 4.80. The molecule has 1 fully saturated rings. The first-order chi connectivity index (χ1) is 10.2. The fourth-order valence-corrected chi connectivity index (χ4v) is 2.15. The van der Waals surface area contributed by atoms with Gasteiger partial charge in [0.15, 0.2) is 0 Å². The summed E-state index contributed by atoms with van der Waals surface area (Å²) < 4.78 is 10.3. The van der Waals surface area contributed by atoms with E-state index in [1.165, 1.54) is 6.92 Å². The van der Waals surface area contributed by atoms with Gasteiger partial charge in [0.2, 0.25) is 0 Å². The van der Waals surface area contributed by atoms with Crippen molar-refractivity contribution >= 4 is 11.9 Å². The van der Waals surface area contributed by atoms with Gasteiger partial charge in [-0.05, 0) is 12.1 Å². The lowest BCUT2D eigenvalue weighted by atomic mass is 10.2. The highest BCUT2D eigenvalue weighted by Crippen LogP contribution is 2.17. The van der Waals surface area contributed by atoms with E-state index in [0.29, 0.717) is 12.1 Å². The average Bonchev–Trinajstić information content (AvgIpc) is 2.48. The SMILES string of the molecule is CC(=O)Oc1ccccc1C(=O)NCCN1CCOCC1. The Morgan fingerprint density at radius 1 is 1.29 bits per heavy atom. The number of para-hydroxylation sites is 1. The largest absolute Gasteiger partial charge is 0.426 e. The highest BCUT2D eigenvalue weighted by molar-refractivity contribution is 5.97. The molecule has 0 radical (unpaired) electrons. The summed E-state index contributed by atoms with van der Waals surface area (Å²) in [7, 11) is 0. The van der Waals surface area contributed by atoms with E-state index in [-0.39, 0.29) is 11.7 Å². The Morgan fingerprint density at radius 2 is 2.00 bits per heavy atom. The molecule has 1 aromatic rings. The highest BCUT2D eigenvalue weighted by Gasteiger charge is 2.14. The van der Waals surface area contributed by atoms with Crippen molar-refractivity contribution in [3.8, 4) is 5.75 Å². The van der Waals surface area contributed by atoms with Crippen molar-refractivity contribution < 1.29 is 19.1 Å². The summed E-state index contributed by atoms with van der Waals surface area (Å²) in [6.07, 6.45) is 0. The van der Waals surface area contributed by atoms with Gasteiger partial charge in [0.05, 0.1) is 18.8 Å². The molecule has 6 heteroatoms. The van der Waals surface area contributed by atoms with E-state index >= 15 is 0 Å². The Labute approximate surface area is 124 Å². The number of nitrogens with zero attached hydrogens (tertiary/aromatic N) is 1. The van der Waals surface area contributed by atoms with E-state index < -0.39 is 5.97 Å². The summed E-state index contributed by atoms with van der Waals surface area (Å²) in [6.45, 7) is 5.90. The predicted octanol–water partition coefficient (Wildman–Crippen LogP) is 0.674. The van der Waals surface area contributed by atoms with Crippen LogP contribution in [0.3, 0.4) is 0 Å². The maximum Gasteiger partial charge on any atom is 0.308 e. The normalized spacial score (nSPS) is 15.5. The fourth-order valence-electron chi connectivity index (χ4n) is 2.15. The van der Waals surface area contributed by atoms with Crippen LogP contribution in [0.1, 0.15) is 17.3 Å². The Bertz CT molecular complexity index is 498. The number of esters is 1. The van der Waals surface area contributed by atoms with Gasteiger partial charge in [-0.3, -0.25) is 14.5 Å². The van der Waals surface area contributed by atoms with E-state index in [4.69, 9.17) is 9.47 Å². The molecule has 0 unspecified atom stereocenters. The van der Waals surface area contributed by atoms with Gasteiger partial charge in [-0.25, -0.2) is 0 Å². The van der Waals surface area contributed by atoms with Crippen LogP contribution in [0.2, 0.25) is 0 Å². The van der Waals surface area contributed by atoms with Gasteiger partial charge in [0.25, 0.3) is 5.91 Å². The van der Waals surface area contributed by atoms with Gasteiger partial charge >= 0.3 is 5.97 Å². The third kappa shape index (κ3) is 4.84. The molecule has 0 atom stereocenters. The number of amides is 1. The maximum absolute atomic E-state index is 12.1. The number of rotatable bonds is 5. The number of nitrogens with one attached hydrogen (secondary N) is 1. The molecule has 0 saturated carbocycles. The second-order valence-corrected chi connectivity index (χ2v) is 4.80. The van der Waals surface area contributed by atoms with Crippen molar-refractivity contribution in [2.75, 3.05) is 39.4 Å². The number of hydrogen-bond acceptors (Lipinski definition) is 5. The number of benzene rings is 1. The van der Waals surface area contributed by atoms with Crippen LogP contribution in [0.15, 0.2) is 24.3 Å². The van der Waals surface area contributed by atoms with Gasteiger partial charge in [0, 0.05) is 33.1 Å². The molecule has 1 amide bonds. The lowest BCUT2D eigenvalue weighted by molar-refractivity contribution is -0.131. The molecule has 1 heterocycles. The summed E-state index contributed by atoms with van der Waals surface area (Å²) in [4.78, 5) is 25.4. The van der Waals surface area contributed by atoms with Crippen LogP contribution in [0, 0.1) is 0 Å². The monoisotopic (exact) mass is 292 g/mol. The summed E-state index contributed by atoms with van der Waals surface area (Å²) >= 11 is 0. The zero-order valence-corrected chi connectivity index (χ0v) is 12.1. The minimum atomic E-state index is -0.441. The van der Waals surface area contributed by atoms with E-state index in [2.05, 4.69) is 10.2 Å². The Balaban J connectivity index is 1.86. The van der Waals surface area contributed by atoms with Gasteiger partial charge in [-0.2, -0.15) is 0 Å². The van der Waals surface area contributed by atoms with Crippen molar-refractivity contribution in [3.05, 3.63) is 29.8 Å². The number of carbonyl (C=O) groups excluding carboxylic acids is 2. The van der Waals surface area contributed by atoms with E-state index in [0.717, 1.165) is 32.8 Å². The molecule has 0 bridgehead atoms. The van der Waals surface area contributed by atoms with Crippen molar-refractivity contribution in [2.45, 2.75) is 6.92 Å². The van der Waals surface area contributed by atoms with E-state index in [1.807, 2.05) is 0 Å². The molecule has 1 aliphatic rings. The number of hydrogen-bond donors (Lipinski definition) is 1. The van der Waals surface area contributed by atoms with E-state index in [1.54, 1.807) is 24.3 Å². The van der Waals surface area contributed by atoms with Gasteiger partial charge in [-0.15, -0.1) is 0 Å². The van der Waals surface area contributed by atoms with Crippen molar-refractivity contribution in [2.24, 2.45) is 0 Å². The minimum Gasteiger partial charge on any atom is -0.426 e. The fraction of sp³-hybridized carbons (Fsp3) is 0.467. The number of morpholine rings is 1. The number of ether oxygens (including phenoxy) is 2. The van der Waals surface area contributed by atoms with Crippen LogP contribution < -0.4 is 10.1 Å². The Kier molecular flexibility index (Phi) is 5.71. The first-order valence-electron chi connectivity index (χ1n) is 7.02. The summed E-state index contributed by atoms with van der Waals surface area (Å²) in [5.74, 6) is -0.391. The maximum atomic E-state index is 12.1. The number of carbonyl (C=O) groups is 2. The average molecular weight is 292 g/mol. The first kappa shape index (κ1) is 15.5. The Hall–Kier alpha value is -1.92. The van der Waals surface area contributed by atoms with Crippen molar-refractivity contribution in [1.82, 2.24) is 10.2 Å². The first-order valence-corrected chi connectivity index (χ1v) is 7.02. The molecule has 21 heavy (non-hydrogen) atoms. The van der Waals surface area contributed by atoms with Crippen LogP contribution in [0.5, 0.6) is 5.75 Å². The van der Waals surface area contributed by atoms with Crippen molar-refractivity contribution in [3.63, 3.8) is 0 Å². The molecule has 0 aliphatic carbocycles. The molecule has 1 aromatic carbocycles. The summed E-state index contributed by atoms with van der Waals surface area (Å²) in [5, 5.41) is 2.85. The molecule has 0 aromatic heterocycles. The van der Waals surface area contributed by atoms with E-state index in [9.17, 15) is 9.59 Å². The molecule has 2 rings (SSSR count). The smallest absolute Gasteiger partial charge is 0.308 e. The predicted molar refractivity (Wildman–Crippen MR) is 77.3 cm³/mol. The zero-order valence-electron chi connectivity index (χ0n) is 12.1. The summed E-state index contributed by atoms with van der Waals surface area (Å²) in [6, 6.07) is 6.72. The molecule has 6 nitrogen and oxygen atoms in total. The van der Waals surface area contributed by atoms with Gasteiger partial charge in [-0.1, -0.05) is 12.1 Å². The molecule has 114 valence electrons. The second kappa shape index (κ2) is 7.75. The van der Waals surface area contributed by atoms with Crippen LogP contribution in [-0.2, 0) is 9.53 Å². The Morgan fingerprint density at radius 3 is 2.71 bits per heavy atom. The minimum absolute atomic E-state index is 0.236. The van der Waals surface area contributed by atoms with Crippen LogP contribution in [0.4, 0.5) is 0 Å².